The number of hydrogen-bond acceptors (Lipinski definition) is 4. The van der Waals surface area contributed by atoms with Crippen LogP contribution in [0.3, 0.4) is 0 Å². The maximum absolute atomic E-state index is 12.2. The molecule has 0 fully saturated rings. The molecular weight excluding hydrogens is 596 g/mol. The average molecular weight is 635 g/mol. The number of para-hydroxylation sites is 2. The number of aromatic nitrogens is 4. The predicted octanol–water partition coefficient (Wildman–Crippen LogP) is 7.47. The first-order chi connectivity index (χ1) is 21.6. The Morgan fingerprint density at radius 3 is 1.50 bits per heavy atom. The number of aryl methyl sites for hydroxylation is 1. The monoisotopic (exact) mass is 634 g/mol. The molecule has 4 aromatic carbocycles. The van der Waals surface area contributed by atoms with Gasteiger partial charge < -0.3 is 19.8 Å². The Morgan fingerprint density at radius 2 is 1.09 bits per heavy atom. The second-order valence-corrected chi connectivity index (χ2v) is 11.2. The summed E-state index contributed by atoms with van der Waals surface area (Å²) in [5.41, 5.74) is 9.49. The van der Waals surface area contributed by atoms with Crippen molar-refractivity contribution in [2.45, 2.75) is 47.2 Å². The van der Waals surface area contributed by atoms with Crippen molar-refractivity contribution in [1.29, 1.82) is 0 Å². The number of halogens is 1. The fraction of sp³-hybridized carbons (Fsp3) is 0.243. The molecule has 0 bridgehead atoms. The quantitative estimate of drug-likeness (QED) is 0.197. The summed E-state index contributed by atoms with van der Waals surface area (Å²) in [5.74, 6) is 2.27. The molecule has 8 rings (SSSR count). The largest absolute Gasteiger partial charge is 0.350 e. The van der Waals surface area contributed by atoms with Crippen LogP contribution in [0, 0.1) is 0 Å². The van der Waals surface area contributed by atoms with Gasteiger partial charge in [0, 0.05) is 43.2 Å². The molecule has 2 aliphatic rings. The lowest BCUT2D eigenvalue weighted by Crippen LogP contribution is -2.24. The number of nitrogens with one attached hydrogen (secondary N) is 2. The summed E-state index contributed by atoms with van der Waals surface area (Å²) in [6, 6.07) is 28.0. The van der Waals surface area contributed by atoms with Crippen molar-refractivity contribution in [3.05, 3.63) is 107 Å². The van der Waals surface area contributed by atoms with Crippen molar-refractivity contribution in [1.82, 2.24) is 29.7 Å². The van der Waals surface area contributed by atoms with Crippen LogP contribution in [0.5, 0.6) is 0 Å². The third kappa shape index (κ3) is 5.76. The molecular formula is C37H39ClN6O2. The molecule has 0 spiro atoms. The molecule has 2 aliphatic heterocycles. The smallest absolute Gasteiger partial charge is 0.253 e. The van der Waals surface area contributed by atoms with E-state index >= 15 is 0 Å². The molecule has 0 aliphatic carbocycles. The van der Waals surface area contributed by atoms with Crippen LogP contribution in [-0.4, -0.2) is 44.0 Å². The molecule has 2 aromatic heterocycles. The van der Waals surface area contributed by atoms with Gasteiger partial charge in [0.1, 0.15) is 11.6 Å². The van der Waals surface area contributed by atoms with Gasteiger partial charge in [0.25, 0.3) is 11.8 Å². The van der Waals surface area contributed by atoms with Crippen LogP contribution in [-0.2, 0) is 25.4 Å². The Hall–Kier alpha value is -4.95. The third-order valence-electron chi connectivity index (χ3n) is 8.25. The number of benzene rings is 4. The zero-order valence-electron chi connectivity index (χ0n) is 24.3. The van der Waals surface area contributed by atoms with Crippen molar-refractivity contribution >= 4 is 45.5 Å². The minimum Gasteiger partial charge on any atom is -0.350 e. The number of hydrogen-bond donors (Lipinski definition) is 2. The fourth-order valence-corrected chi connectivity index (χ4v) is 6.18. The van der Waals surface area contributed by atoms with E-state index in [9.17, 15) is 9.59 Å². The van der Waals surface area contributed by atoms with E-state index in [2.05, 4.69) is 51.0 Å². The van der Waals surface area contributed by atoms with Gasteiger partial charge >= 0.3 is 0 Å². The number of alkyl halides is 1. The molecule has 8 nitrogen and oxygen atoms in total. The van der Waals surface area contributed by atoms with Crippen molar-refractivity contribution in [2.75, 3.05) is 13.1 Å². The van der Waals surface area contributed by atoms with E-state index in [1.807, 2.05) is 60.7 Å². The first-order valence-corrected chi connectivity index (χ1v) is 15.4. The van der Waals surface area contributed by atoms with Crippen LogP contribution in [0.4, 0.5) is 0 Å². The summed E-state index contributed by atoms with van der Waals surface area (Å²) in [5, 5.41) is 5.88. The van der Waals surface area contributed by atoms with E-state index in [0.717, 1.165) is 63.4 Å². The fourth-order valence-electron chi connectivity index (χ4n) is 6.00. The molecule has 2 amide bonds. The Balaban J connectivity index is 0.000000174. The first-order valence-electron chi connectivity index (χ1n) is 14.8. The summed E-state index contributed by atoms with van der Waals surface area (Å²) >= 11 is 5.85. The third-order valence-corrected chi connectivity index (χ3v) is 8.56. The standard InChI is InChI=1S/C18H17N3O.C17H14ClN3O.2CH4/c1-2-12-6-8-13(9-7-12)17-20-15-5-3-4-14-16(15)21(17)11-10-19-18(14)22;18-10-11-4-6-12(7-5-11)16-20-14-3-1-2-13-15(14)21(16)9-8-19-17(13)22;;/h3-9H,2,10-11H2,1H3,(H,19,22);1-7H,8-10H2,(H,19,22);2*1H4. The molecule has 2 N–H and O–H groups in total. The molecule has 0 unspecified atom stereocenters. The summed E-state index contributed by atoms with van der Waals surface area (Å²) in [7, 11) is 0. The topological polar surface area (TPSA) is 93.8 Å². The number of imidazole rings is 2. The van der Waals surface area contributed by atoms with Crippen molar-refractivity contribution in [3.63, 3.8) is 0 Å². The van der Waals surface area contributed by atoms with Gasteiger partial charge in [-0.1, -0.05) is 82.4 Å². The minimum atomic E-state index is -0.0340. The molecule has 0 radical (unpaired) electrons. The van der Waals surface area contributed by atoms with Crippen LogP contribution in [0.2, 0.25) is 0 Å². The minimum absolute atomic E-state index is 0. The summed E-state index contributed by atoms with van der Waals surface area (Å²) < 4.78 is 4.28. The van der Waals surface area contributed by atoms with Gasteiger partial charge in [0.2, 0.25) is 0 Å². The van der Waals surface area contributed by atoms with E-state index in [1.165, 1.54) is 5.56 Å². The molecule has 9 heteroatoms. The van der Waals surface area contributed by atoms with E-state index in [1.54, 1.807) is 0 Å². The summed E-state index contributed by atoms with van der Waals surface area (Å²) in [6.45, 7) is 4.83. The number of nitrogens with zero attached hydrogens (tertiary/aromatic N) is 4. The van der Waals surface area contributed by atoms with Gasteiger partial charge in [0.05, 0.1) is 33.2 Å². The maximum atomic E-state index is 12.2. The Labute approximate surface area is 274 Å². The van der Waals surface area contributed by atoms with Gasteiger partial charge in [-0.3, -0.25) is 9.59 Å². The number of amides is 2. The highest BCUT2D eigenvalue weighted by Gasteiger charge is 2.23. The molecule has 6 aromatic rings. The van der Waals surface area contributed by atoms with Gasteiger partial charge in [-0.05, 0) is 41.8 Å². The van der Waals surface area contributed by atoms with Crippen LogP contribution in [0.1, 0.15) is 53.6 Å². The molecule has 0 saturated carbocycles. The number of carbonyl (C=O) groups excluding carboxylic acids is 2. The zero-order chi connectivity index (χ0) is 30.2. The average Bonchev–Trinajstić information content (AvgIpc) is 3.51. The predicted molar refractivity (Wildman–Crippen MR) is 187 cm³/mol. The van der Waals surface area contributed by atoms with Gasteiger partial charge in [0.15, 0.2) is 0 Å². The summed E-state index contributed by atoms with van der Waals surface area (Å²) in [6.07, 6.45) is 1.03. The van der Waals surface area contributed by atoms with Crippen molar-refractivity contribution in [3.8, 4) is 22.8 Å². The molecule has 0 atom stereocenters. The Morgan fingerprint density at radius 1 is 0.652 bits per heavy atom. The Kier molecular flexibility index (Phi) is 9.58. The zero-order valence-corrected chi connectivity index (χ0v) is 25.1. The molecule has 236 valence electrons. The SMILES string of the molecule is C.C.CCc1ccc(-c2nc3cccc4c3n2CCNC4=O)cc1.O=C1NCCn2c(-c3ccc(CCl)cc3)nc3cccc1c32. The van der Waals surface area contributed by atoms with Crippen LogP contribution < -0.4 is 10.6 Å². The van der Waals surface area contributed by atoms with Crippen LogP contribution in [0.15, 0.2) is 84.9 Å². The second-order valence-electron chi connectivity index (χ2n) is 10.9. The lowest BCUT2D eigenvalue weighted by Gasteiger charge is -2.07. The lowest BCUT2D eigenvalue weighted by atomic mass is 10.1. The summed E-state index contributed by atoms with van der Waals surface area (Å²) in [4.78, 5) is 33.8. The van der Waals surface area contributed by atoms with Crippen LogP contribution >= 0.6 is 11.6 Å². The highest BCUT2D eigenvalue weighted by atomic mass is 35.5. The van der Waals surface area contributed by atoms with E-state index in [0.29, 0.717) is 36.6 Å². The maximum Gasteiger partial charge on any atom is 0.253 e. The van der Waals surface area contributed by atoms with Crippen molar-refractivity contribution in [2.24, 2.45) is 0 Å². The molecule has 4 heterocycles. The number of rotatable bonds is 4. The van der Waals surface area contributed by atoms with E-state index < -0.39 is 0 Å². The van der Waals surface area contributed by atoms with Crippen LogP contribution in [0.25, 0.3) is 44.8 Å². The Bertz CT molecular complexity index is 1880. The normalized spacial score (nSPS) is 13.3. The van der Waals surface area contributed by atoms with Crippen molar-refractivity contribution < 1.29 is 9.59 Å². The molecule has 46 heavy (non-hydrogen) atoms. The highest BCUT2D eigenvalue weighted by Crippen LogP contribution is 2.30. The van der Waals surface area contributed by atoms with Gasteiger partial charge in [-0.25, -0.2) is 9.97 Å². The van der Waals surface area contributed by atoms with Gasteiger partial charge in [-0.15, -0.1) is 11.6 Å². The molecule has 0 saturated heterocycles. The first kappa shape index (κ1) is 32.4. The van der Waals surface area contributed by atoms with E-state index in [4.69, 9.17) is 21.6 Å². The number of carbonyl (C=O) groups is 2. The van der Waals surface area contributed by atoms with E-state index in [-0.39, 0.29) is 26.7 Å². The second kappa shape index (κ2) is 13.6. The highest BCUT2D eigenvalue weighted by molar-refractivity contribution is 6.17. The lowest BCUT2D eigenvalue weighted by molar-refractivity contribution is 0.0948. The van der Waals surface area contributed by atoms with Gasteiger partial charge in [-0.2, -0.15) is 0 Å².